The first kappa shape index (κ1) is 16.1. The standard InChI is InChI=1S/C13H9Br2F3N2O/c1-7-4-5-19-12(11(7)15)20-8-2-3-10(9(14)6-8)21-13(16,17)18/h2-6H,1H3,(H,19,20). The second-order valence-electron chi connectivity index (χ2n) is 4.11. The predicted molar refractivity (Wildman–Crippen MR) is 80.8 cm³/mol. The molecule has 0 unspecified atom stereocenters. The van der Waals surface area contributed by atoms with Crippen LogP contribution < -0.4 is 10.1 Å². The van der Waals surface area contributed by atoms with E-state index in [-0.39, 0.29) is 10.2 Å². The number of hydrogen-bond acceptors (Lipinski definition) is 3. The van der Waals surface area contributed by atoms with Crippen LogP contribution in [0.3, 0.4) is 0 Å². The van der Waals surface area contributed by atoms with Crippen LogP contribution in [0.15, 0.2) is 39.4 Å². The van der Waals surface area contributed by atoms with E-state index in [9.17, 15) is 13.2 Å². The Labute approximate surface area is 135 Å². The number of nitrogens with one attached hydrogen (secondary N) is 1. The normalized spacial score (nSPS) is 11.3. The molecule has 3 nitrogen and oxygen atoms in total. The molecule has 0 atom stereocenters. The van der Waals surface area contributed by atoms with Crippen molar-refractivity contribution in [3.05, 3.63) is 45.0 Å². The Bertz CT molecular complexity index is 662. The molecule has 0 amide bonds. The second-order valence-corrected chi connectivity index (χ2v) is 5.76. The molecule has 0 bridgehead atoms. The third-order valence-corrected chi connectivity index (χ3v) is 4.12. The first-order chi connectivity index (χ1) is 9.76. The maximum absolute atomic E-state index is 12.2. The van der Waals surface area contributed by atoms with E-state index in [1.807, 2.05) is 13.0 Å². The molecule has 0 saturated heterocycles. The van der Waals surface area contributed by atoms with Crippen molar-refractivity contribution in [3.8, 4) is 5.75 Å². The summed E-state index contributed by atoms with van der Waals surface area (Å²) in [4.78, 5) is 4.16. The number of alkyl halides is 3. The zero-order chi connectivity index (χ0) is 15.6. The highest BCUT2D eigenvalue weighted by atomic mass is 79.9. The SMILES string of the molecule is Cc1ccnc(Nc2ccc(OC(F)(F)F)c(Br)c2)c1Br. The number of rotatable bonds is 3. The zero-order valence-electron chi connectivity index (χ0n) is 10.6. The van der Waals surface area contributed by atoms with Gasteiger partial charge in [-0.15, -0.1) is 13.2 Å². The Morgan fingerprint density at radius 3 is 2.52 bits per heavy atom. The lowest BCUT2D eigenvalue weighted by Crippen LogP contribution is -2.17. The molecule has 0 aliphatic heterocycles. The van der Waals surface area contributed by atoms with Crippen molar-refractivity contribution in [1.29, 1.82) is 0 Å². The Morgan fingerprint density at radius 2 is 1.90 bits per heavy atom. The number of pyridine rings is 1. The highest BCUT2D eigenvalue weighted by molar-refractivity contribution is 9.11. The quantitative estimate of drug-likeness (QED) is 0.699. The molecule has 0 saturated carbocycles. The van der Waals surface area contributed by atoms with E-state index >= 15 is 0 Å². The molecular weight excluding hydrogens is 417 g/mol. The Morgan fingerprint density at radius 1 is 1.19 bits per heavy atom. The van der Waals surface area contributed by atoms with Crippen molar-refractivity contribution in [2.45, 2.75) is 13.3 Å². The number of halogens is 5. The number of nitrogens with zero attached hydrogens (tertiary/aromatic N) is 1. The van der Waals surface area contributed by atoms with E-state index in [0.29, 0.717) is 11.5 Å². The minimum atomic E-state index is -4.72. The first-order valence-electron chi connectivity index (χ1n) is 5.70. The largest absolute Gasteiger partial charge is 0.573 e. The molecule has 0 aliphatic rings. The van der Waals surface area contributed by atoms with Crippen molar-refractivity contribution in [3.63, 3.8) is 0 Å². The van der Waals surface area contributed by atoms with E-state index in [1.54, 1.807) is 6.20 Å². The summed E-state index contributed by atoms with van der Waals surface area (Å²) in [7, 11) is 0. The fourth-order valence-corrected chi connectivity index (χ4v) is 2.34. The van der Waals surface area contributed by atoms with Gasteiger partial charge in [-0.1, -0.05) is 0 Å². The van der Waals surface area contributed by atoms with Crippen LogP contribution in [0.25, 0.3) is 0 Å². The van der Waals surface area contributed by atoms with Gasteiger partial charge in [0.25, 0.3) is 0 Å². The van der Waals surface area contributed by atoms with Gasteiger partial charge in [0.05, 0.1) is 8.95 Å². The van der Waals surface area contributed by atoms with Gasteiger partial charge < -0.3 is 10.1 Å². The molecule has 1 heterocycles. The van der Waals surface area contributed by atoms with Crippen LogP contribution in [-0.4, -0.2) is 11.3 Å². The second kappa shape index (κ2) is 6.23. The molecule has 1 aromatic carbocycles. The summed E-state index contributed by atoms with van der Waals surface area (Å²) in [5.74, 6) is 0.274. The predicted octanol–water partition coefficient (Wildman–Crippen LogP) is 5.56. The lowest BCUT2D eigenvalue weighted by Gasteiger charge is -2.13. The number of ether oxygens (including phenoxy) is 1. The fraction of sp³-hybridized carbons (Fsp3) is 0.154. The van der Waals surface area contributed by atoms with Crippen LogP contribution in [0.2, 0.25) is 0 Å². The topological polar surface area (TPSA) is 34.2 Å². The van der Waals surface area contributed by atoms with Crippen LogP contribution in [0.5, 0.6) is 5.75 Å². The van der Waals surface area contributed by atoms with Gasteiger partial charge >= 0.3 is 6.36 Å². The number of benzene rings is 1. The average molecular weight is 426 g/mol. The summed E-state index contributed by atoms with van der Waals surface area (Å²) in [6.07, 6.45) is -3.09. The van der Waals surface area contributed by atoms with Crippen LogP contribution in [0, 0.1) is 6.92 Å². The van der Waals surface area contributed by atoms with Gasteiger partial charge in [0.15, 0.2) is 0 Å². The summed E-state index contributed by atoms with van der Waals surface area (Å²) >= 11 is 6.45. The highest BCUT2D eigenvalue weighted by Crippen LogP contribution is 2.34. The molecule has 8 heteroatoms. The minimum Gasteiger partial charge on any atom is -0.405 e. The molecule has 21 heavy (non-hydrogen) atoms. The maximum Gasteiger partial charge on any atom is 0.573 e. The highest BCUT2D eigenvalue weighted by Gasteiger charge is 2.31. The monoisotopic (exact) mass is 424 g/mol. The van der Waals surface area contributed by atoms with E-state index in [0.717, 1.165) is 10.0 Å². The zero-order valence-corrected chi connectivity index (χ0v) is 13.8. The van der Waals surface area contributed by atoms with E-state index < -0.39 is 6.36 Å². The van der Waals surface area contributed by atoms with Crippen LogP contribution in [0.4, 0.5) is 24.7 Å². The summed E-state index contributed by atoms with van der Waals surface area (Å²) in [5.41, 5.74) is 1.57. The molecule has 2 aromatic rings. The number of hydrogen-bond donors (Lipinski definition) is 1. The fourth-order valence-electron chi connectivity index (χ4n) is 1.55. The van der Waals surface area contributed by atoms with E-state index in [2.05, 4.69) is 46.9 Å². The van der Waals surface area contributed by atoms with Gasteiger partial charge in [-0.3, -0.25) is 0 Å². The van der Waals surface area contributed by atoms with Gasteiger partial charge in [-0.05, 0) is 68.6 Å². The molecule has 1 N–H and O–H groups in total. The van der Waals surface area contributed by atoms with Gasteiger partial charge in [-0.25, -0.2) is 4.98 Å². The molecule has 1 aromatic heterocycles. The summed E-state index contributed by atoms with van der Waals surface area (Å²) in [6.45, 7) is 1.91. The molecule has 2 rings (SSSR count). The van der Waals surface area contributed by atoms with E-state index in [4.69, 9.17) is 0 Å². The summed E-state index contributed by atoms with van der Waals surface area (Å²) in [5, 5.41) is 3.02. The van der Waals surface area contributed by atoms with Gasteiger partial charge in [0, 0.05) is 11.9 Å². The lowest BCUT2D eigenvalue weighted by molar-refractivity contribution is -0.274. The average Bonchev–Trinajstić information content (AvgIpc) is 2.37. The number of aryl methyl sites for hydroxylation is 1. The smallest absolute Gasteiger partial charge is 0.405 e. The summed E-state index contributed by atoms with van der Waals surface area (Å²) in [6, 6.07) is 6.02. The van der Waals surface area contributed by atoms with Crippen molar-refractivity contribution in [1.82, 2.24) is 4.98 Å². The van der Waals surface area contributed by atoms with Crippen LogP contribution in [-0.2, 0) is 0 Å². The van der Waals surface area contributed by atoms with Crippen molar-refractivity contribution in [2.24, 2.45) is 0 Å². The lowest BCUT2D eigenvalue weighted by atomic mass is 10.2. The molecular formula is C13H9Br2F3N2O. The minimum absolute atomic E-state index is 0.189. The van der Waals surface area contributed by atoms with Crippen molar-refractivity contribution < 1.29 is 17.9 Å². The number of aromatic nitrogens is 1. The van der Waals surface area contributed by atoms with Gasteiger partial charge in [-0.2, -0.15) is 0 Å². The first-order valence-corrected chi connectivity index (χ1v) is 7.28. The number of anilines is 2. The van der Waals surface area contributed by atoms with Crippen LogP contribution >= 0.6 is 31.9 Å². The Kier molecular flexibility index (Phi) is 4.77. The third kappa shape index (κ3) is 4.34. The third-order valence-electron chi connectivity index (χ3n) is 2.50. The molecule has 0 aliphatic carbocycles. The van der Waals surface area contributed by atoms with E-state index in [1.165, 1.54) is 18.2 Å². The van der Waals surface area contributed by atoms with Gasteiger partial charge in [0.2, 0.25) is 0 Å². The Balaban J connectivity index is 2.23. The maximum atomic E-state index is 12.2. The van der Waals surface area contributed by atoms with Crippen LogP contribution in [0.1, 0.15) is 5.56 Å². The summed E-state index contributed by atoms with van der Waals surface area (Å²) < 4.78 is 41.4. The van der Waals surface area contributed by atoms with Gasteiger partial charge in [0.1, 0.15) is 11.6 Å². The molecule has 0 fully saturated rings. The molecule has 0 radical (unpaired) electrons. The molecule has 112 valence electrons. The Hall–Kier alpha value is -1.28. The van der Waals surface area contributed by atoms with Crippen molar-refractivity contribution >= 4 is 43.4 Å². The van der Waals surface area contributed by atoms with Crippen molar-refractivity contribution in [2.75, 3.05) is 5.32 Å². The molecule has 0 spiro atoms.